The van der Waals surface area contributed by atoms with Crippen LogP contribution in [0.1, 0.15) is 31.6 Å². The molecule has 0 aliphatic heterocycles. The van der Waals surface area contributed by atoms with E-state index in [1.807, 2.05) is 31.4 Å². The number of aliphatic carboxylic acids is 1. The fourth-order valence-electron chi connectivity index (χ4n) is 4.30. The number of allylic oxidation sites excluding steroid dienone is 2. The molecule has 0 aromatic carbocycles. The van der Waals surface area contributed by atoms with Crippen LogP contribution in [0.15, 0.2) is 28.7 Å². The van der Waals surface area contributed by atoms with Crippen molar-refractivity contribution in [3.63, 3.8) is 0 Å². The van der Waals surface area contributed by atoms with Crippen LogP contribution in [0.2, 0.25) is 0 Å². The Morgan fingerprint density at radius 2 is 1.95 bits per heavy atom. The molecule has 2 bridgehead atoms. The van der Waals surface area contributed by atoms with Crippen molar-refractivity contribution in [2.75, 3.05) is 0 Å². The number of carboxylic acid groups (broad SMARTS) is 1. The monoisotopic (exact) mass is 318 g/mol. The van der Waals surface area contributed by atoms with Gasteiger partial charge < -0.3 is 15.2 Å². The fourth-order valence-corrected chi connectivity index (χ4v) is 4.94. The largest absolute Gasteiger partial charge is 0.550 e. The van der Waals surface area contributed by atoms with Crippen molar-refractivity contribution in [3.8, 4) is 0 Å². The molecular weight excluding hydrogens is 298 g/mol. The molecule has 2 saturated carbocycles. The van der Waals surface area contributed by atoms with Gasteiger partial charge in [0.25, 0.3) is 0 Å². The highest BCUT2D eigenvalue weighted by atomic mass is 32.1. The summed E-state index contributed by atoms with van der Waals surface area (Å²) in [5.41, 5.74) is 2.35. The summed E-state index contributed by atoms with van der Waals surface area (Å²) in [6.07, 6.45) is 1.77. The Morgan fingerprint density at radius 1 is 1.27 bits per heavy atom. The second-order valence-corrected chi connectivity index (χ2v) is 7.45. The van der Waals surface area contributed by atoms with E-state index in [2.05, 4.69) is 5.32 Å². The van der Waals surface area contributed by atoms with Crippen molar-refractivity contribution in [1.29, 1.82) is 0 Å². The standard InChI is InChI=1S/C17H21NO3S/c1-9(2)13-11-5-6-12(13)15(17(20)21)14(11)16(19)18-8-10-4-3-7-22-10/h3-4,7,11-12,14-15H,5-6,8H2,1-2H3,(H,18,19)(H,20,21)/p-1/t11-,12-,14-,15+/m1/s1. The van der Waals surface area contributed by atoms with Gasteiger partial charge in [-0.05, 0) is 50.0 Å². The lowest BCUT2D eigenvalue weighted by atomic mass is 9.79. The number of carboxylic acids is 1. The highest BCUT2D eigenvalue weighted by molar-refractivity contribution is 7.09. The number of carbonyl (C=O) groups is 2. The summed E-state index contributed by atoms with van der Waals surface area (Å²) in [6, 6.07) is 3.90. The first-order valence-electron chi connectivity index (χ1n) is 7.69. The Morgan fingerprint density at radius 3 is 2.50 bits per heavy atom. The molecule has 2 aliphatic carbocycles. The molecule has 1 heterocycles. The van der Waals surface area contributed by atoms with Gasteiger partial charge in [-0.15, -0.1) is 11.3 Å². The molecule has 0 spiro atoms. The van der Waals surface area contributed by atoms with Gasteiger partial charge in [0.1, 0.15) is 0 Å². The minimum atomic E-state index is -1.08. The lowest BCUT2D eigenvalue weighted by Crippen LogP contribution is -2.45. The molecule has 1 amide bonds. The Hall–Kier alpha value is -1.62. The lowest BCUT2D eigenvalue weighted by molar-refractivity contribution is -0.314. The first kappa shape index (κ1) is 15.3. The van der Waals surface area contributed by atoms with Crippen molar-refractivity contribution in [3.05, 3.63) is 33.5 Å². The minimum Gasteiger partial charge on any atom is -0.550 e. The van der Waals surface area contributed by atoms with Crippen LogP contribution in [0.5, 0.6) is 0 Å². The predicted molar refractivity (Wildman–Crippen MR) is 82.7 cm³/mol. The van der Waals surface area contributed by atoms with Gasteiger partial charge in [0, 0.05) is 16.8 Å². The summed E-state index contributed by atoms with van der Waals surface area (Å²) in [7, 11) is 0. The van der Waals surface area contributed by atoms with Gasteiger partial charge in [0.05, 0.1) is 12.5 Å². The maximum absolute atomic E-state index is 12.6. The van der Waals surface area contributed by atoms with Crippen LogP contribution in [-0.2, 0) is 16.1 Å². The predicted octanol–water partition coefficient (Wildman–Crippen LogP) is 1.72. The van der Waals surface area contributed by atoms with Crippen molar-refractivity contribution < 1.29 is 14.7 Å². The number of rotatable bonds is 4. The molecule has 4 atom stereocenters. The van der Waals surface area contributed by atoms with E-state index >= 15 is 0 Å². The van der Waals surface area contributed by atoms with Crippen LogP contribution in [0.25, 0.3) is 0 Å². The van der Waals surface area contributed by atoms with Crippen LogP contribution < -0.4 is 10.4 Å². The Balaban J connectivity index is 1.80. The number of hydrogen-bond acceptors (Lipinski definition) is 4. The second kappa shape index (κ2) is 5.88. The fraction of sp³-hybridized carbons (Fsp3) is 0.529. The van der Waals surface area contributed by atoms with Gasteiger partial charge in [-0.2, -0.15) is 0 Å². The zero-order valence-corrected chi connectivity index (χ0v) is 13.6. The number of nitrogens with one attached hydrogen (secondary N) is 1. The van der Waals surface area contributed by atoms with Gasteiger partial charge in [-0.1, -0.05) is 17.2 Å². The molecule has 22 heavy (non-hydrogen) atoms. The third kappa shape index (κ3) is 2.47. The molecule has 0 saturated heterocycles. The van der Waals surface area contributed by atoms with Crippen molar-refractivity contribution >= 4 is 23.2 Å². The van der Waals surface area contributed by atoms with E-state index in [4.69, 9.17) is 0 Å². The van der Waals surface area contributed by atoms with Crippen LogP contribution in [0.3, 0.4) is 0 Å². The summed E-state index contributed by atoms with van der Waals surface area (Å²) >= 11 is 1.58. The highest BCUT2D eigenvalue weighted by Crippen LogP contribution is 2.56. The van der Waals surface area contributed by atoms with Gasteiger partial charge in [-0.3, -0.25) is 4.79 Å². The molecule has 0 radical (unpaired) electrons. The molecule has 0 unspecified atom stereocenters. The Labute approximate surface area is 134 Å². The van der Waals surface area contributed by atoms with E-state index in [-0.39, 0.29) is 17.7 Å². The van der Waals surface area contributed by atoms with Crippen LogP contribution in [-0.4, -0.2) is 11.9 Å². The van der Waals surface area contributed by atoms with Crippen molar-refractivity contribution in [2.24, 2.45) is 23.7 Å². The zero-order chi connectivity index (χ0) is 15.9. The van der Waals surface area contributed by atoms with Crippen LogP contribution in [0.4, 0.5) is 0 Å². The summed E-state index contributed by atoms with van der Waals surface area (Å²) in [6.45, 7) is 4.49. The Kier molecular flexibility index (Phi) is 4.08. The summed E-state index contributed by atoms with van der Waals surface area (Å²) in [4.78, 5) is 25.3. The molecule has 1 N–H and O–H groups in total. The topological polar surface area (TPSA) is 69.2 Å². The van der Waals surface area contributed by atoms with Crippen LogP contribution in [0, 0.1) is 23.7 Å². The SMILES string of the molecule is CC(C)=C1[C@H]2CC[C@H]1[C@@H](C(=O)NCc1cccs1)[C@H]2C(=O)[O-]. The number of fused-ring (bicyclic) bond motifs is 2. The molecule has 3 rings (SSSR count). The van der Waals surface area contributed by atoms with E-state index in [0.29, 0.717) is 6.54 Å². The minimum absolute atomic E-state index is 0.0162. The first-order valence-corrected chi connectivity index (χ1v) is 8.57. The molecular formula is C17H20NO3S-. The molecule has 118 valence electrons. The number of amides is 1. The number of thiophene rings is 1. The zero-order valence-electron chi connectivity index (χ0n) is 12.8. The maximum atomic E-state index is 12.6. The molecule has 2 aliphatic rings. The smallest absolute Gasteiger partial charge is 0.224 e. The number of carbonyl (C=O) groups excluding carboxylic acids is 2. The quantitative estimate of drug-likeness (QED) is 0.860. The molecule has 1 aromatic heterocycles. The summed E-state index contributed by atoms with van der Waals surface area (Å²) < 4.78 is 0. The highest BCUT2D eigenvalue weighted by Gasteiger charge is 2.54. The third-order valence-electron chi connectivity index (χ3n) is 5.01. The summed E-state index contributed by atoms with van der Waals surface area (Å²) in [5.74, 6) is -2.32. The second-order valence-electron chi connectivity index (χ2n) is 6.41. The number of hydrogen-bond donors (Lipinski definition) is 1. The first-order chi connectivity index (χ1) is 10.5. The molecule has 1 aromatic rings. The summed E-state index contributed by atoms with van der Waals surface area (Å²) in [5, 5.41) is 16.5. The average molecular weight is 318 g/mol. The average Bonchev–Trinajstić information content (AvgIpc) is 3.17. The van der Waals surface area contributed by atoms with Gasteiger partial charge in [-0.25, -0.2) is 0 Å². The van der Waals surface area contributed by atoms with Crippen molar-refractivity contribution in [1.82, 2.24) is 5.32 Å². The maximum Gasteiger partial charge on any atom is 0.224 e. The molecule has 2 fully saturated rings. The van der Waals surface area contributed by atoms with Crippen LogP contribution >= 0.6 is 11.3 Å². The molecule has 4 nitrogen and oxygen atoms in total. The third-order valence-corrected chi connectivity index (χ3v) is 5.89. The lowest BCUT2D eigenvalue weighted by Gasteiger charge is -2.30. The van der Waals surface area contributed by atoms with E-state index in [9.17, 15) is 14.7 Å². The normalized spacial score (nSPS) is 29.6. The van der Waals surface area contributed by atoms with E-state index < -0.39 is 17.8 Å². The van der Waals surface area contributed by atoms with Gasteiger partial charge in [0.15, 0.2) is 0 Å². The van der Waals surface area contributed by atoms with E-state index in [1.165, 1.54) is 5.57 Å². The van der Waals surface area contributed by atoms with E-state index in [1.54, 1.807) is 11.3 Å². The molecule has 5 heteroatoms. The Bertz CT molecular complexity index is 616. The van der Waals surface area contributed by atoms with Gasteiger partial charge >= 0.3 is 0 Å². The van der Waals surface area contributed by atoms with E-state index in [0.717, 1.165) is 23.3 Å². The van der Waals surface area contributed by atoms with Gasteiger partial charge in [0.2, 0.25) is 5.91 Å². The van der Waals surface area contributed by atoms with Crippen molar-refractivity contribution in [2.45, 2.75) is 33.2 Å².